The van der Waals surface area contributed by atoms with Gasteiger partial charge in [0.25, 0.3) is 0 Å². The normalized spacial score (nSPS) is 36.4. The van der Waals surface area contributed by atoms with Crippen LogP contribution in [0, 0.1) is 17.8 Å². The smallest absolute Gasteiger partial charge is 0.343 e. The van der Waals surface area contributed by atoms with E-state index in [0.717, 1.165) is 0 Å². The fraction of sp³-hybridized carbons (Fsp3) is 0.950. The van der Waals surface area contributed by atoms with Crippen molar-refractivity contribution in [2.45, 2.75) is 91.0 Å². The van der Waals surface area contributed by atoms with E-state index >= 15 is 0 Å². The molecule has 1 saturated heterocycles. The molecule has 1 aliphatic heterocycles. The van der Waals surface area contributed by atoms with E-state index in [1.165, 1.54) is 0 Å². The number of phosphoric acid groups is 1. The lowest BCUT2D eigenvalue weighted by Gasteiger charge is -2.31. The maximum Gasteiger partial charge on any atom is 0.343 e. The molecule has 8 atom stereocenters. The first-order valence-electron chi connectivity index (χ1n) is 10.8. The van der Waals surface area contributed by atoms with Gasteiger partial charge in [0, 0.05) is 12.3 Å². The van der Waals surface area contributed by atoms with Crippen LogP contribution in [0.2, 0.25) is 0 Å². The van der Waals surface area contributed by atoms with E-state index in [2.05, 4.69) is 0 Å². The number of hydrogen-bond donors (Lipinski definition) is 1. The topological polar surface area (TPSA) is 129 Å². The van der Waals surface area contributed by atoms with Gasteiger partial charge in [-0.15, -0.1) is 0 Å². The zero-order valence-electron chi connectivity index (χ0n) is 18.8. The number of phosphoric ester groups is 1. The Bertz CT molecular complexity index is 616. The maximum absolute atomic E-state index is 12.5. The van der Waals surface area contributed by atoms with Crippen molar-refractivity contribution < 1.29 is 37.5 Å². The van der Waals surface area contributed by atoms with E-state index in [1.54, 1.807) is 6.92 Å². The molecule has 30 heavy (non-hydrogen) atoms. The van der Waals surface area contributed by atoms with E-state index in [1.807, 2.05) is 34.6 Å². The molecule has 1 aliphatic carbocycles. The maximum atomic E-state index is 12.5. The largest absolute Gasteiger partial charge is 0.746 e. The van der Waals surface area contributed by atoms with Crippen LogP contribution in [-0.2, 0) is 32.6 Å². The molecule has 2 N–H and O–H groups in total. The molecular formula is C20H37NO8P-. The molecule has 2 aliphatic rings. The molecule has 2 fully saturated rings. The summed E-state index contributed by atoms with van der Waals surface area (Å²) < 4.78 is 39.6. The number of nitrogens with two attached hydrogens (primary N) is 1. The van der Waals surface area contributed by atoms with Crippen molar-refractivity contribution in [3.05, 3.63) is 0 Å². The number of hydrogen-bond acceptors (Lipinski definition) is 9. The van der Waals surface area contributed by atoms with Crippen molar-refractivity contribution in [2.24, 2.45) is 23.5 Å². The Morgan fingerprint density at radius 3 is 2.37 bits per heavy atom. The minimum Gasteiger partial charge on any atom is -0.746 e. The molecule has 1 saturated carbocycles. The van der Waals surface area contributed by atoms with Crippen LogP contribution in [-0.4, -0.2) is 55.7 Å². The van der Waals surface area contributed by atoms with Gasteiger partial charge in [0.05, 0.1) is 37.1 Å². The Balaban J connectivity index is 2.03. The molecule has 10 heteroatoms. The Labute approximate surface area is 179 Å². The average molecular weight is 450 g/mol. The van der Waals surface area contributed by atoms with Crippen molar-refractivity contribution in [1.29, 1.82) is 0 Å². The molecule has 0 amide bonds. The van der Waals surface area contributed by atoms with Gasteiger partial charge in [-0.25, -0.2) is 4.79 Å². The first-order valence-corrected chi connectivity index (χ1v) is 12.2. The summed E-state index contributed by atoms with van der Waals surface area (Å²) in [6.07, 6.45) is -1.73. The van der Waals surface area contributed by atoms with Crippen LogP contribution in [0.1, 0.15) is 54.4 Å². The van der Waals surface area contributed by atoms with Gasteiger partial charge in [-0.1, -0.05) is 6.92 Å². The minimum atomic E-state index is -4.91. The van der Waals surface area contributed by atoms with Crippen LogP contribution in [0.3, 0.4) is 0 Å². The summed E-state index contributed by atoms with van der Waals surface area (Å²) in [7, 11) is -4.91. The molecule has 1 heterocycles. The second-order valence-electron chi connectivity index (χ2n) is 8.99. The van der Waals surface area contributed by atoms with Crippen molar-refractivity contribution in [3.63, 3.8) is 0 Å². The first-order chi connectivity index (χ1) is 13.9. The molecule has 9 nitrogen and oxygen atoms in total. The minimum absolute atomic E-state index is 0.00346. The third-order valence-corrected chi connectivity index (χ3v) is 6.62. The first kappa shape index (κ1) is 25.7. The summed E-state index contributed by atoms with van der Waals surface area (Å²) in [5.41, 5.74) is 5.90. The lowest BCUT2D eigenvalue weighted by atomic mass is 9.91. The highest BCUT2D eigenvalue weighted by Gasteiger charge is 2.45. The van der Waals surface area contributed by atoms with Gasteiger partial charge < -0.3 is 33.9 Å². The standard InChI is InChI=1S/C20H38NO8P/c1-11(2)25-10-16-15(9-21)13(5)7-17(16)28-30(23,24)29-20(22)19-18(26-12(3)4)8-14(6)27-19/h11-19H,7-10,21H2,1-6H3,(H,23,24)/p-1/t13-,14-,15?,16-,17+,18+,19-/m0/s1. The van der Waals surface area contributed by atoms with Gasteiger partial charge in [0.1, 0.15) is 0 Å². The predicted molar refractivity (Wildman–Crippen MR) is 108 cm³/mol. The quantitative estimate of drug-likeness (QED) is 0.497. The van der Waals surface area contributed by atoms with Crippen LogP contribution < -0.4 is 10.6 Å². The fourth-order valence-electron chi connectivity index (χ4n) is 4.35. The summed E-state index contributed by atoms with van der Waals surface area (Å²) in [6, 6.07) is 0. The Morgan fingerprint density at radius 2 is 1.80 bits per heavy atom. The Kier molecular flexibility index (Phi) is 9.31. The van der Waals surface area contributed by atoms with Gasteiger partial charge in [-0.2, -0.15) is 0 Å². The van der Waals surface area contributed by atoms with Crippen molar-refractivity contribution in [3.8, 4) is 0 Å². The third-order valence-electron chi connectivity index (χ3n) is 5.68. The highest BCUT2D eigenvalue weighted by molar-refractivity contribution is 7.46. The predicted octanol–water partition coefficient (Wildman–Crippen LogP) is 2.01. The molecule has 0 aromatic rings. The van der Waals surface area contributed by atoms with Crippen LogP contribution >= 0.6 is 7.82 Å². The number of ether oxygens (including phenoxy) is 3. The Hall–Kier alpha value is -0.540. The van der Waals surface area contributed by atoms with Crippen molar-refractivity contribution in [1.82, 2.24) is 0 Å². The lowest BCUT2D eigenvalue weighted by Crippen LogP contribution is -2.37. The zero-order valence-corrected chi connectivity index (χ0v) is 19.7. The fourth-order valence-corrected chi connectivity index (χ4v) is 5.30. The van der Waals surface area contributed by atoms with Gasteiger partial charge in [-0.3, -0.25) is 4.57 Å². The average Bonchev–Trinajstić information content (AvgIpc) is 3.10. The molecule has 2 rings (SSSR count). The number of rotatable bonds is 10. The molecule has 0 spiro atoms. The monoisotopic (exact) mass is 450 g/mol. The third kappa shape index (κ3) is 6.99. The summed E-state index contributed by atoms with van der Waals surface area (Å²) in [4.78, 5) is 25.1. The van der Waals surface area contributed by atoms with Gasteiger partial charge in [-0.05, 0) is 59.4 Å². The zero-order chi connectivity index (χ0) is 22.6. The molecule has 0 radical (unpaired) electrons. The van der Waals surface area contributed by atoms with E-state index in [4.69, 9.17) is 29.0 Å². The molecule has 176 valence electrons. The SMILES string of the molecule is CC(C)OC[C@H]1C(CN)[C@@H](C)C[C@H]1OP(=O)([O-])OC(=O)[C@H]1O[C@@H](C)C[C@H]1OC(C)C. The second-order valence-corrected chi connectivity index (χ2v) is 10.3. The van der Waals surface area contributed by atoms with Gasteiger partial charge in [0.2, 0.25) is 0 Å². The van der Waals surface area contributed by atoms with Crippen molar-refractivity contribution >= 4 is 13.8 Å². The number of carbonyl (C=O) groups excluding carboxylic acids is 1. The van der Waals surface area contributed by atoms with Gasteiger partial charge >= 0.3 is 13.8 Å². The van der Waals surface area contributed by atoms with Crippen molar-refractivity contribution in [2.75, 3.05) is 13.2 Å². The van der Waals surface area contributed by atoms with Crippen LogP contribution in [0.15, 0.2) is 0 Å². The van der Waals surface area contributed by atoms with Crippen LogP contribution in [0.4, 0.5) is 0 Å². The Morgan fingerprint density at radius 1 is 1.13 bits per heavy atom. The van der Waals surface area contributed by atoms with E-state index < -0.39 is 32.1 Å². The molecule has 0 aromatic heterocycles. The highest BCUT2D eigenvalue weighted by atomic mass is 31.2. The van der Waals surface area contributed by atoms with E-state index in [9.17, 15) is 14.3 Å². The van der Waals surface area contributed by atoms with E-state index in [0.29, 0.717) is 26.0 Å². The molecule has 0 aromatic carbocycles. The molecule has 2 unspecified atom stereocenters. The molecule has 0 bridgehead atoms. The summed E-state index contributed by atoms with van der Waals surface area (Å²) in [5, 5.41) is 0. The summed E-state index contributed by atoms with van der Waals surface area (Å²) >= 11 is 0. The second kappa shape index (κ2) is 10.9. The summed E-state index contributed by atoms with van der Waals surface area (Å²) in [5.74, 6) is -0.987. The summed E-state index contributed by atoms with van der Waals surface area (Å²) in [6.45, 7) is 12.0. The highest BCUT2D eigenvalue weighted by Crippen LogP contribution is 2.48. The van der Waals surface area contributed by atoms with Gasteiger partial charge in [0.15, 0.2) is 6.10 Å². The molecular weight excluding hydrogens is 413 g/mol. The van der Waals surface area contributed by atoms with Crippen LogP contribution in [0.5, 0.6) is 0 Å². The van der Waals surface area contributed by atoms with E-state index in [-0.39, 0.29) is 36.1 Å². The lowest BCUT2D eigenvalue weighted by molar-refractivity contribution is -0.232. The van der Waals surface area contributed by atoms with Crippen LogP contribution in [0.25, 0.3) is 0 Å². The number of carbonyl (C=O) groups is 1.